The Morgan fingerprint density at radius 1 is 1.30 bits per heavy atom. The van der Waals surface area contributed by atoms with E-state index in [1.165, 1.54) is 11.1 Å². The summed E-state index contributed by atoms with van der Waals surface area (Å²) in [4.78, 5) is 15.2. The maximum Gasteiger partial charge on any atom is 0.317 e. The first-order valence-electron chi connectivity index (χ1n) is 7.24. The van der Waals surface area contributed by atoms with Crippen molar-refractivity contribution in [3.8, 4) is 0 Å². The van der Waals surface area contributed by atoms with Crippen LogP contribution in [0.25, 0.3) is 0 Å². The first kappa shape index (κ1) is 15.0. The number of carbonyl (C=O) groups is 1. The van der Waals surface area contributed by atoms with Gasteiger partial charge in [-0.05, 0) is 45.5 Å². The molecule has 0 atom stereocenters. The molecule has 0 amide bonds. The summed E-state index contributed by atoms with van der Waals surface area (Å²) in [5.74, 6) is -0.741. The number of hydrogen-bond acceptors (Lipinski definition) is 3. The molecule has 2 rings (SSSR count). The van der Waals surface area contributed by atoms with Crippen LogP contribution in [0.5, 0.6) is 0 Å². The highest BCUT2D eigenvalue weighted by Crippen LogP contribution is 2.17. The normalized spacial score (nSPS) is 17.6. The summed E-state index contributed by atoms with van der Waals surface area (Å²) in [6, 6.07) is 9.10. The molecule has 1 aromatic rings. The fourth-order valence-corrected chi connectivity index (χ4v) is 2.81. The molecule has 0 saturated carbocycles. The molecule has 20 heavy (non-hydrogen) atoms. The summed E-state index contributed by atoms with van der Waals surface area (Å²) in [6.07, 6.45) is 2.10. The molecule has 4 heteroatoms. The van der Waals surface area contributed by atoms with Crippen LogP contribution in [0.1, 0.15) is 24.0 Å². The number of aliphatic carboxylic acids is 1. The van der Waals surface area contributed by atoms with Gasteiger partial charge >= 0.3 is 5.97 Å². The Kier molecular flexibility index (Phi) is 5.15. The van der Waals surface area contributed by atoms with Crippen molar-refractivity contribution >= 4 is 5.97 Å². The third-order valence-corrected chi connectivity index (χ3v) is 4.09. The van der Waals surface area contributed by atoms with Gasteiger partial charge in [-0.25, -0.2) is 0 Å². The predicted octanol–water partition coefficient (Wildman–Crippen LogP) is 1.98. The molecule has 0 unspecified atom stereocenters. The zero-order valence-corrected chi connectivity index (χ0v) is 12.4. The third kappa shape index (κ3) is 4.32. The van der Waals surface area contributed by atoms with Crippen LogP contribution in [-0.4, -0.2) is 53.6 Å². The van der Waals surface area contributed by atoms with Crippen molar-refractivity contribution in [2.24, 2.45) is 0 Å². The first-order valence-corrected chi connectivity index (χ1v) is 7.24. The number of likely N-dealkylation sites (tertiary alicyclic amines) is 1. The van der Waals surface area contributed by atoms with E-state index in [1.807, 2.05) is 11.9 Å². The van der Waals surface area contributed by atoms with Crippen LogP contribution in [0.4, 0.5) is 0 Å². The maximum atomic E-state index is 10.7. The molecule has 1 fully saturated rings. The lowest BCUT2D eigenvalue weighted by atomic mass is 10.0. The van der Waals surface area contributed by atoms with Crippen molar-refractivity contribution < 1.29 is 9.90 Å². The molecule has 0 bridgehead atoms. The summed E-state index contributed by atoms with van der Waals surface area (Å²) in [5, 5.41) is 8.83. The number of carboxylic acids is 1. The topological polar surface area (TPSA) is 43.8 Å². The third-order valence-electron chi connectivity index (χ3n) is 4.09. The Morgan fingerprint density at radius 2 is 1.90 bits per heavy atom. The van der Waals surface area contributed by atoms with E-state index >= 15 is 0 Å². The Hall–Kier alpha value is -1.39. The number of hydrogen-bond donors (Lipinski definition) is 1. The molecule has 0 radical (unpaired) electrons. The van der Waals surface area contributed by atoms with Crippen molar-refractivity contribution in [1.29, 1.82) is 0 Å². The maximum absolute atomic E-state index is 10.7. The predicted molar refractivity (Wildman–Crippen MR) is 79.7 cm³/mol. The van der Waals surface area contributed by atoms with Crippen molar-refractivity contribution in [3.05, 3.63) is 35.4 Å². The highest BCUT2D eigenvalue weighted by Gasteiger charge is 2.23. The van der Waals surface area contributed by atoms with Crippen LogP contribution in [0.2, 0.25) is 0 Å². The van der Waals surface area contributed by atoms with E-state index in [4.69, 9.17) is 5.11 Å². The lowest BCUT2D eigenvalue weighted by Gasteiger charge is -2.36. The number of aryl methyl sites for hydroxylation is 1. The lowest BCUT2D eigenvalue weighted by Crippen LogP contribution is -2.44. The molecule has 1 aliphatic rings. The standard InChI is InChI=1S/C16H24N2O2/c1-13-3-5-14(6-4-13)11-18-9-7-15(8-10-18)17(2)12-16(19)20/h3-6,15H,7-12H2,1-2H3,(H,19,20). The molecule has 1 aromatic carbocycles. The average molecular weight is 276 g/mol. The van der Waals surface area contributed by atoms with Gasteiger partial charge in [0.2, 0.25) is 0 Å². The molecule has 0 aromatic heterocycles. The number of likely N-dealkylation sites (N-methyl/N-ethyl adjacent to an activating group) is 1. The van der Waals surface area contributed by atoms with Crippen LogP contribution in [-0.2, 0) is 11.3 Å². The molecular formula is C16H24N2O2. The summed E-state index contributed by atoms with van der Waals surface area (Å²) < 4.78 is 0. The molecular weight excluding hydrogens is 252 g/mol. The minimum Gasteiger partial charge on any atom is -0.480 e. The monoisotopic (exact) mass is 276 g/mol. The van der Waals surface area contributed by atoms with Gasteiger partial charge in [0.1, 0.15) is 0 Å². The van der Waals surface area contributed by atoms with E-state index in [-0.39, 0.29) is 6.54 Å². The molecule has 1 aliphatic heterocycles. The van der Waals surface area contributed by atoms with E-state index in [1.54, 1.807) is 0 Å². The fraction of sp³-hybridized carbons (Fsp3) is 0.562. The second-order valence-electron chi connectivity index (χ2n) is 5.80. The highest BCUT2D eigenvalue weighted by molar-refractivity contribution is 5.69. The van der Waals surface area contributed by atoms with E-state index in [2.05, 4.69) is 36.1 Å². The molecule has 1 heterocycles. The zero-order chi connectivity index (χ0) is 14.5. The summed E-state index contributed by atoms with van der Waals surface area (Å²) in [6.45, 7) is 5.33. The largest absolute Gasteiger partial charge is 0.480 e. The zero-order valence-electron chi connectivity index (χ0n) is 12.4. The molecule has 0 aliphatic carbocycles. The second-order valence-corrected chi connectivity index (χ2v) is 5.80. The van der Waals surface area contributed by atoms with Gasteiger partial charge < -0.3 is 5.11 Å². The fourth-order valence-electron chi connectivity index (χ4n) is 2.81. The van der Waals surface area contributed by atoms with Gasteiger partial charge in [0, 0.05) is 12.6 Å². The van der Waals surface area contributed by atoms with E-state index in [9.17, 15) is 4.79 Å². The van der Waals surface area contributed by atoms with E-state index in [0.717, 1.165) is 32.5 Å². The van der Waals surface area contributed by atoms with Gasteiger partial charge in [0.15, 0.2) is 0 Å². The first-order chi connectivity index (χ1) is 9.54. The van der Waals surface area contributed by atoms with E-state index in [0.29, 0.717) is 6.04 Å². The van der Waals surface area contributed by atoms with Crippen LogP contribution in [0.15, 0.2) is 24.3 Å². The summed E-state index contributed by atoms with van der Waals surface area (Å²) in [5.41, 5.74) is 2.65. The lowest BCUT2D eigenvalue weighted by molar-refractivity contribution is -0.138. The number of carboxylic acid groups (broad SMARTS) is 1. The van der Waals surface area contributed by atoms with E-state index < -0.39 is 5.97 Å². The van der Waals surface area contributed by atoms with Crippen molar-refractivity contribution in [2.45, 2.75) is 32.4 Å². The van der Waals surface area contributed by atoms with Crippen molar-refractivity contribution in [1.82, 2.24) is 9.80 Å². The Balaban J connectivity index is 1.79. The second kappa shape index (κ2) is 6.86. The average Bonchev–Trinajstić information content (AvgIpc) is 2.41. The molecule has 1 N–H and O–H groups in total. The number of benzene rings is 1. The van der Waals surface area contributed by atoms with Gasteiger partial charge in [-0.3, -0.25) is 14.6 Å². The number of piperidine rings is 1. The SMILES string of the molecule is Cc1ccc(CN2CCC(N(C)CC(=O)O)CC2)cc1. The van der Waals surface area contributed by atoms with Gasteiger partial charge in [-0.2, -0.15) is 0 Å². The Bertz CT molecular complexity index is 436. The smallest absolute Gasteiger partial charge is 0.317 e. The Labute approximate surface area is 121 Å². The Morgan fingerprint density at radius 3 is 2.45 bits per heavy atom. The number of rotatable bonds is 5. The molecule has 1 saturated heterocycles. The molecule has 4 nitrogen and oxygen atoms in total. The summed E-state index contributed by atoms with van der Waals surface area (Å²) in [7, 11) is 1.91. The van der Waals surface area contributed by atoms with Gasteiger partial charge in [-0.1, -0.05) is 29.8 Å². The number of nitrogens with zero attached hydrogens (tertiary/aromatic N) is 2. The molecule has 110 valence electrons. The summed E-state index contributed by atoms with van der Waals surface area (Å²) >= 11 is 0. The quantitative estimate of drug-likeness (QED) is 0.893. The van der Waals surface area contributed by atoms with Crippen LogP contribution in [0.3, 0.4) is 0 Å². The van der Waals surface area contributed by atoms with Crippen LogP contribution < -0.4 is 0 Å². The van der Waals surface area contributed by atoms with Gasteiger partial charge in [0.25, 0.3) is 0 Å². The van der Waals surface area contributed by atoms with Crippen molar-refractivity contribution in [3.63, 3.8) is 0 Å². The highest BCUT2D eigenvalue weighted by atomic mass is 16.4. The minimum atomic E-state index is -0.741. The van der Waals surface area contributed by atoms with Crippen LogP contribution in [0, 0.1) is 6.92 Å². The minimum absolute atomic E-state index is 0.141. The van der Waals surface area contributed by atoms with Gasteiger partial charge in [0.05, 0.1) is 6.54 Å². The van der Waals surface area contributed by atoms with Crippen LogP contribution >= 0.6 is 0 Å². The van der Waals surface area contributed by atoms with Crippen molar-refractivity contribution in [2.75, 3.05) is 26.7 Å². The van der Waals surface area contributed by atoms with Gasteiger partial charge in [-0.15, -0.1) is 0 Å². The molecule has 0 spiro atoms.